The lowest BCUT2D eigenvalue weighted by Crippen LogP contribution is -2.36. The van der Waals surface area contributed by atoms with Crippen molar-refractivity contribution in [3.05, 3.63) is 18.4 Å². The highest BCUT2D eigenvalue weighted by molar-refractivity contribution is 5.75. The summed E-state index contributed by atoms with van der Waals surface area (Å²) in [6.45, 7) is 0. The third kappa shape index (κ3) is 1.21. The van der Waals surface area contributed by atoms with Crippen molar-refractivity contribution in [1.29, 1.82) is 0 Å². The molecule has 1 fully saturated rings. The maximum atomic E-state index is 10.9. The highest BCUT2D eigenvalue weighted by Crippen LogP contribution is 2.51. The second-order valence-corrected chi connectivity index (χ2v) is 3.45. The van der Waals surface area contributed by atoms with Crippen LogP contribution in [-0.2, 0) is 14.9 Å². The van der Waals surface area contributed by atoms with Crippen LogP contribution in [0.15, 0.2) is 16.9 Å². The molecule has 1 atom stereocenters. The Kier molecular flexibility index (Phi) is 2.03. The zero-order valence-electron chi connectivity index (χ0n) is 7.77. The average Bonchev–Trinajstić information content (AvgIpc) is 2.76. The molecule has 1 saturated carbocycles. The molecule has 0 aliphatic heterocycles. The summed E-state index contributed by atoms with van der Waals surface area (Å²) < 4.78 is 10.1. The third-order valence-electron chi connectivity index (χ3n) is 2.61. The van der Waals surface area contributed by atoms with Crippen LogP contribution >= 0.6 is 0 Å². The first-order valence-electron chi connectivity index (χ1n) is 4.36. The van der Waals surface area contributed by atoms with Crippen LogP contribution in [0.25, 0.3) is 0 Å². The molecule has 0 spiro atoms. The quantitative estimate of drug-likeness (QED) is 0.773. The molecule has 1 aromatic rings. The molecular weight excluding hydrogens is 186 g/mol. The fourth-order valence-corrected chi connectivity index (χ4v) is 1.75. The first-order chi connectivity index (χ1) is 6.70. The van der Waals surface area contributed by atoms with Crippen molar-refractivity contribution >= 4 is 5.97 Å². The van der Waals surface area contributed by atoms with E-state index in [1.807, 2.05) is 0 Å². The molecule has 1 unspecified atom stereocenters. The Morgan fingerprint density at radius 2 is 2.50 bits per heavy atom. The van der Waals surface area contributed by atoms with Gasteiger partial charge in [0.1, 0.15) is 6.26 Å². The van der Waals surface area contributed by atoms with Gasteiger partial charge in [-0.1, -0.05) is 0 Å². The summed E-state index contributed by atoms with van der Waals surface area (Å²) in [7, 11) is 1.39. The number of aliphatic carboxylic acids is 1. The Labute approximate surface area is 80.7 Å². The molecule has 0 bridgehead atoms. The number of hydrogen-bond acceptors (Lipinski definition) is 4. The Bertz CT molecular complexity index is 329. The van der Waals surface area contributed by atoms with Gasteiger partial charge in [-0.15, -0.1) is 0 Å². The predicted octanol–water partition coefficient (Wildman–Crippen LogP) is 0.806. The number of ether oxygens (including phenoxy) is 1. The molecule has 2 rings (SSSR count). The van der Waals surface area contributed by atoms with Gasteiger partial charge in [0.2, 0.25) is 5.89 Å². The average molecular weight is 197 g/mol. The van der Waals surface area contributed by atoms with Crippen molar-refractivity contribution in [2.45, 2.75) is 24.4 Å². The Balaban J connectivity index is 2.28. The molecular formula is C9H11NO4. The molecule has 0 radical (unpaired) electrons. The van der Waals surface area contributed by atoms with E-state index in [4.69, 9.17) is 14.3 Å². The van der Waals surface area contributed by atoms with E-state index in [0.29, 0.717) is 5.89 Å². The molecule has 1 N–H and O–H groups in total. The van der Waals surface area contributed by atoms with Crippen LogP contribution in [0.4, 0.5) is 0 Å². The Hall–Kier alpha value is -1.36. The molecule has 1 aromatic heterocycles. The molecule has 5 heteroatoms. The molecule has 0 amide bonds. The number of hydrogen-bond donors (Lipinski definition) is 1. The molecule has 76 valence electrons. The Morgan fingerprint density at radius 3 is 2.86 bits per heavy atom. The van der Waals surface area contributed by atoms with Gasteiger partial charge in [-0.05, 0) is 12.8 Å². The van der Waals surface area contributed by atoms with Crippen molar-refractivity contribution in [3.8, 4) is 0 Å². The van der Waals surface area contributed by atoms with Crippen molar-refractivity contribution in [2.75, 3.05) is 7.11 Å². The van der Waals surface area contributed by atoms with Crippen LogP contribution in [0.1, 0.15) is 18.7 Å². The number of nitrogens with zero attached hydrogens (tertiary/aromatic N) is 1. The SMILES string of the molecule is COC(C(=O)O)C1(c2ncco2)CC1. The number of carbonyl (C=O) groups is 1. The van der Waals surface area contributed by atoms with E-state index in [1.165, 1.54) is 19.6 Å². The largest absolute Gasteiger partial charge is 0.479 e. The molecule has 14 heavy (non-hydrogen) atoms. The predicted molar refractivity (Wildman–Crippen MR) is 45.8 cm³/mol. The number of methoxy groups -OCH3 is 1. The zero-order chi connectivity index (χ0) is 10.2. The van der Waals surface area contributed by atoms with Crippen molar-refractivity contribution in [2.24, 2.45) is 0 Å². The monoisotopic (exact) mass is 197 g/mol. The highest BCUT2D eigenvalue weighted by atomic mass is 16.5. The molecule has 1 aliphatic carbocycles. The van der Waals surface area contributed by atoms with E-state index < -0.39 is 17.5 Å². The third-order valence-corrected chi connectivity index (χ3v) is 2.61. The van der Waals surface area contributed by atoms with Crippen LogP contribution in [-0.4, -0.2) is 29.3 Å². The fourth-order valence-electron chi connectivity index (χ4n) is 1.75. The maximum Gasteiger partial charge on any atom is 0.333 e. The standard InChI is InChI=1S/C9H11NO4/c1-13-6(7(11)12)9(2-3-9)8-10-4-5-14-8/h4-6H,2-3H2,1H3,(H,11,12). The summed E-state index contributed by atoms with van der Waals surface area (Å²) in [5.41, 5.74) is -0.538. The van der Waals surface area contributed by atoms with Gasteiger partial charge < -0.3 is 14.3 Å². The molecule has 0 aromatic carbocycles. The number of aromatic nitrogens is 1. The van der Waals surface area contributed by atoms with Gasteiger partial charge in [0, 0.05) is 7.11 Å². The minimum atomic E-state index is -0.969. The van der Waals surface area contributed by atoms with E-state index in [1.54, 1.807) is 0 Å². The lowest BCUT2D eigenvalue weighted by molar-refractivity contribution is -0.151. The second kappa shape index (κ2) is 3.09. The normalized spacial score (nSPS) is 20.4. The second-order valence-electron chi connectivity index (χ2n) is 3.45. The first kappa shape index (κ1) is 9.21. The van der Waals surface area contributed by atoms with Crippen LogP contribution < -0.4 is 0 Å². The van der Waals surface area contributed by atoms with Crippen LogP contribution in [0, 0.1) is 0 Å². The molecule has 1 heterocycles. The van der Waals surface area contributed by atoms with Crippen molar-refractivity contribution in [3.63, 3.8) is 0 Å². The van der Waals surface area contributed by atoms with Gasteiger partial charge >= 0.3 is 5.97 Å². The number of carboxylic acid groups (broad SMARTS) is 1. The molecule has 0 saturated heterocycles. The number of rotatable bonds is 4. The van der Waals surface area contributed by atoms with E-state index in [9.17, 15) is 4.79 Å². The van der Waals surface area contributed by atoms with Gasteiger partial charge in [-0.2, -0.15) is 0 Å². The molecule has 5 nitrogen and oxygen atoms in total. The fraction of sp³-hybridized carbons (Fsp3) is 0.556. The van der Waals surface area contributed by atoms with Gasteiger partial charge in [0.15, 0.2) is 6.10 Å². The Morgan fingerprint density at radius 1 is 1.79 bits per heavy atom. The smallest absolute Gasteiger partial charge is 0.333 e. The topological polar surface area (TPSA) is 72.6 Å². The number of carboxylic acids is 1. The van der Waals surface area contributed by atoms with Crippen molar-refractivity contribution < 1.29 is 19.1 Å². The minimum Gasteiger partial charge on any atom is -0.479 e. The summed E-state index contributed by atoms with van der Waals surface area (Å²) in [5, 5.41) is 8.95. The van der Waals surface area contributed by atoms with Gasteiger partial charge in [0.25, 0.3) is 0 Å². The summed E-state index contributed by atoms with van der Waals surface area (Å²) >= 11 is 0. The summed E-state index contributed by atoms with van der Waals surface area (Å²) in [4.78, 5) is 14.9. The van der Waals surface area contributed by atoms with Crippen LogP contribution in [0.2, 0.25) is 0 Å². The minimum absolute atomic E-state index is 0.465. The lowest BCUT2D eigenvalue weighted by atomic mass is 9.99. The van der Waals surface area contributed by atoms with Crippen LogP contribution in [0.3, 0.4) is 0 Å². The molecule has 1 aliphatic rings. The van der Waals surface area contributed by atoms with Gasteiger partial charge in [0.05, 0.1) is 11.6 Å². The van der Waals surface area contributed by atoms with Crippen molar-refractivity contribution in [1.82, 2.24) is 4.98 Å². The highest BCUT2D eigenvalue weighted by Gasteiger charge is 2.58. The number of oxazole rings is 1. The first-order valence-corrected chi connectivity index (χ1v) is 4.36. The zero-order valence-corrected chi connectivity index (χ0v) is 7.77. The summed E-state index contributed by atoms with van der Waals surface area (Å²) in [6.07, 6.45) is 3.60. The summed E-state index contributed by atoms with van der Waals surface area (Å²) in [6, 6.07) is 0. The summed E-state index contributed by atoms with van der Waals surface area (Å²) in [5.74, 6) is -0.505. The maximum absolute atomic E-state index is 10.9. The van der Waals surface area contributed by atoms with E-state index in [0.717, 1.165) is 12.8 Å². The van der Waals surface area contributed by atoms with E-state index >= 15 is 0 Å². The van der Waals surface area contributed by atoms with Gasteiger partial charge in [-0.3, -0.25) is 0 Å². The van der Waals surface area contributed by atoms with E-state index in [2.05, 4.69) is 4.98 Å². The lowest BCUT2D eigenvalue weighted by Gasteiger charge is -2.18. The van der Waals surface area contributed by atoms with Crippen LogP contribution in [0.5, 0.6) is 0 Å². The van der Waals surface area contributed by atoms with E-state index in [-0.39, 0.29) is 0 Å². The van der Waals surface area contributed by atoms with Gasteiger partial charge in [-0.25, -0.2) is 9.78 Å².